The summed E-state index contributed by atoms with van der Waals surface area (Å²) in [5.41, 5.74) is 1.08. The first-order chi connectivity index (χ1) is 8.25. The maximum Gasteiger partial charge on any atom is 0.324 e. The first kappa shape index (κ1) is 11.7. The molecular formula is C10H12N4O2S. The van der Waals surface area contributed by atoms with Gasteiger partial charge < -0.3 is 10.3 Å². The molecule has 0 aliphatic rings. The largest absolute Gasteiger partial charge is 0.348 e. The number of nitro groups is 1. The summed E-state index contributed by atoms with van der Waals surface area (Å²) in [6, 6.07) is 3.32. The van der Waals surface area contributed by atoms with Crippen LogP contribution in [-0.2, 0) is 13.0 Å². The fourth-order valence-corrected chi connectivity index (χ4v) is 2.21. The van der Waals surface area contributed by atoms with Crippen molar-refractivity contribution >= 4 is 16.3 Å². The van der Waals surface area contributed by atoms with E-state index in [1.54, 1.807) is 18.6 Å². The highest BCUT2D eigenvalue weighted by Crippen LogP contribution is 2.23. The molecular weight excluding hydrogens is 240 g/mol. The first-order valence-corrected chi connectivity index (χ1v) is 5.98. The highest BCUT2D eigenvalue weighted by Gasteiger charge is 2.08. The van der Waals surface area contributed by atoms with Gasteiger partial charge in [0.1, 0.15) is 0 Å². The molecule has 2 N–H and O–H groups in total. The van der Waals surface area contributed by atoms with Gasteiger partial charge in [-0.05, 0) is 6.07 Å². The molecule has 90 valence electrons. The molecule has 0 unspecified atom stereocenters. The van der Waals surface area contributed by atoms with E-state index in [4.69, 9.17) is 0 Å². The van der Waals surface area contributed by atoms with Crippen LogP contribution in [0.4, 0.5) is 5.00 Å². The number of nitrogens with one attached hydrogen (secondary N) is 2. The number of hydrogen-bond donors (Lipinski definition) is 2. The Bertz CT molecular complexity index is 480. The van der Waals surface area contributed by atoms with Crippen molar-refractivity contribution in [3.8, 4) is 0 Å². The van der Waals surface area contributed by atoms with Gasteiger partial charge in [0.25, 0.3) is 0 Å². The van der Waals surface area contributed by atoms with Crippen molar-refractivity contribution in [2.75, 3.05) is 6.54 Å². The van der Waals surface area contributed by atoms with Crippen LogP contribution in [0.15, 0.2) is 24.7 Å². The van der Waals surface area contributed by atoms with E-state index < -0.39 is 0 Å². The van der Waals surface area contributed by atoms with E-state index in [1.807, 2.05) is 0 Å². The molecule has 7 heteroatoms. The highest BCUT2D eigenvalue weighted by atomic mass is 32.1. The zero-order valence-corrected chi connectivity index (χ0v) is 9.87. The molecule has 0 atom stereocenters. The van der Waals surface area contributed by atoms with Crippen LogP contribution in [0.25, 0.3) is 0 Å². The average molecular weight is 252 g/mol. The molecule has 17 heavy (non-hydrogen) atoms. The van der Waals surface area contributed by atoms with Crippen LogP contribution >= 0.6 is 11.3 Å². The van der Waals surface area contributed by atoms with Crippen LogP contribution in [0.5, 0.6) is 0 Å². The van der Waals surface area contributed by atoms with Crippen molar-refractivity contribution in [2.24, 2.45) is 0 Å². The Morgan fingerprint density at radius 2 is 2.41 bits per heavy atom. The summed E-state index contributed by atoms with van der Waals surface area (Å²) in [4.78, 5) is 18.0. The number of hydrogen-bond acceptors (Lipinski definition) is 5. The smallest absolute Gasteiger partial charge is 0.324 e. The normalized spacial score (nSPS) is 10.6. The van der Waals surface area contributed by atoms with Crippen LogP contribution in [0.2, 0.25) is 0 Å². The van der Waals surface area contributed by atoms with Gasteiger partial charge in [0.2, 0.25) is 0 Å². The lowest BCUT2D eigenvalue weighted by Gasteiger charge is -2.00. The average Bonchev–Trinajstić information content (AvgIpc) is 2.96. The fourth-order valence-electron chi connectivity index (χ4n) is 1.42. The Kier molecular flexibility index (Phi) is 3.84. The van der Waals surface area contributed by atoms with Crippen LogP contribution < -0.4 is 5.32 Å². The summed E-state index contributed by atoms with van der Waals surface area (Å²) in [6.45, 7) is 1.47. The molecule has 0 fully saturated rings. The lowest BCUT2D eigenvalue weighted by molar-refractivity contribution is -0.380. The van der Waals surface area contributed by atoms with E-state index in [0.29, 0.717) is 6.54 Å². The zero-order valence-electron chi connectivity index (χ0n) is 9.05. The van der Waals surface area contributed by atoms with Gasteiger partial charge in [-0.2, -0.15) is 0 Å². The summed E-state index contributed by atoms with van der Waals surface area (Å²) in [5.74, 6) is 0. The number of thiophene rings is 1. The third-order valence-electron chi connectivity index (χ3n) is 2.25. The van der Waals surface area contributed by atoms with Crippen molar-refractivity contribution in [2.45, 2.75) is 13.0 Å². The molecule has 2 rings (SSSR count). The molecule has 2 heterocycles. The third-order valence-corrected chi connectivity index (χ3v) is 3.29. The second kappa shape index (κ2) is 5.55. The Balaban J connectivity index is 1.72. The Hall–Kier alpha value is -1.73. The van der Waals surface area contributed by atoms with E-state index in [9.17, 15) is 10.1 Å². The van der Waals surface area contributed by atoms with Gasteiger partial charge in [0, 0.05) is 42.3 Å². The standard InChI is InChI=1S/C10H12N4O2S/c15-14(16)10-2-1-9(17-10)6-11-4-3-8-5-12-7-13-8/h1-2,5,7,11H,3-4,6H2,(H,12,13). The maximum absolute atomic E-state index is 10.5. The summed E-state index contributed by atoms with van der Waals surface area (Å²) < 4.78 is 0. The minimum Gasteiger partial charge on any atom is -0.348 e. The lowest BCUT2D eigenvalue weighted by atomic mass is 10.3. The van der Waals surface area contributed by atoms with E-state index in [0.717, 1.165) is 23.5 Å². The molecule has 2 aromatic heterocycles. The predicted octanol–water partition coefficient (Wildman–Crippen LogP) is 1.71. The summed E-state index contributed by atoms with van der Waals surface area (Å²) in [5, 5.41) is 13.9. The maximum atomic E-state index is 10.5. The molecule has 0 saturated carbocycles. The molecule has 0 aliphatic carbocycles. The Morgan fingerprint density at radius 1 is 1.53 bits per heavy atom. The molecule has 0 amide bonds. The Morgan fingerprint density at radius 3 is 3.06 bits per heavy atom. The summed E-state index contributed by atoms with van der Waals surface area (Å²) >= 11 is 1.21. The minimum atomic E-state index is -0.362. The fraction of sp³-hybridized carbons (Fsp3) is 0.300. The molecule has 2 aromatic rings. The number of nitrogens with zero attached hydrogens (tertiary/aromatic N) is 2. The second-order valence-electron chi connectivity index (χ2n) is 3.50. The van der Waals surface area contributed by atoms with E-state index in [-0.39, 0.29) is 9.92 Å². The van der Waals surface area contributed by atoms with E-state index >= 15 is 0 Å². The topological polar surface area (TPSA) is 83.8 Å². The quantitative estimate of drug-likeness (QED) is 0.465. The zero-order chi connectivity index (χ0) is 12.1. The highest BCUT2D eigenvalue weighted by molar-refractivity contribution is 7.15. The lowest BCUT2D eigenvalue weighted by Crippen LogP contribution is -2.16. The minimum absolute atomic E-state index is 0.190. The number of rotatable bonds is 6. The van der Waals surface area contributed by atoms with E-state index in [2.05, 4.69) is 15.3 Å². The van der Waals surface area contributed by atoms with Gasteiger partial charge in [-0.15, -0.1) is 0 Å². The first-order valence-electron chi connectivity index (χ1n) is 5.17. The number of aromatic amines is 1. The van der Waals surface area contributed by atoms with Crippen molar-refractivity contribution in [1.82, 2.24) is 15.3 Å². The van der Waals surface area contributed by atoms with E-state index in [1.165, 1.54) is 17.4 Å². The number of aromatic nitrogens is 2. The van der Waals surface area contributed by atoms with Crippen molar-refractivity contribution in [1.29, 1.82) is 0 Å². The van der Waals surface area contributed by atoms with Crippen LogP contribution in [0, 0.1) is 10.1 Å². The van der Waals surface area contributed by atoms with Crippen molar-refractivity contribution < 1.29 is 4.92 Å². The Labute approximate surface area is 102 Å². The molecule has 6 nitrogen and oxygen atoms in total. The third kappa shape index (κ3) is 3.36. The SMILES string of the molecule is O=[N+]([O-])c1ccc(CNCCc2cnc[nH]2)s1. The second-order valence-corrected chi connectivity index (χ2v) is 4.65. The van der Waals surface area contributed by atoms with Gasteiger partial charge in [0.05, 0.1) is 11.3 Å². The van der Waals surface area contributed by atoms with Gasteiger partial charge in [0.15, 0.2) is 0 Å². The number of imidazole rings is 1. The predicted molar refractivity (Wildman–Crippen MR) is 65.0 cm³/mol. The van der Waals surface area contributed by atoms with Crippen molar-refractivity contribution in [3.05, 3.63) is 45.3 Å². The van der Waals surface area contributed by atoms with Crippen molar-refractivity contribution in [3.63, 3.8) is 0 Å². The summed E-state index contributed by atoms with van der Waals surface area (Å²) in [7, 11) is 0. The molecule has 0 spiro atoms. The molecule has 0 bridgehead atoms. The van der Waals surface area contributed by atoms with Gasteiger partial charge in [-0.25, -0.2) is 4.98 Å². The van der Waals surface area contributed by atoms with Crippen LogP contribution in [0.3, 0.4) is 0 Å². The molecule has 0 aliphatic heterocycles. The molecule has 0 saturated heterocycles. The van der Waals surface area contributed by atoms with Gasteiger partial charge >= 0.3 is 5.00 Å². The molecule has 0 radical (unpaired) electrons. The van der Waals surface area contributed by atoms with Gasteiger partial charge in [-0.3, -0.25) is 10.1 Å². The van der Waals surface area contributed by atoms with Crippen LogP contribution in [0.1, 0.15) is 10.6 Å². The monoisotopic (exact) mass is 252 g/mol. The summed E-state index contributed by atoms with van der Waals surface area (Å²) in [6.07, 6.45) is 4.31. The van der Waals surface area contributed by atoms with Gasteiger partial charge in [-0.1, -0.05) is 11.3 Å². The molecule has 0 aromatic carbocycles. The van der Waals surface area contributed by atoms with Crippen LogP contribution in [-0.4, -0.2) is 21.4 Å². The number of H-pyrrole nitrogens is 1.